The number of carbonyl (C=O) groups excluding carboxylic acids is 1. The number of nitrogens with one attached hydrogen (secondary N) is 1. The van der Waals surface area contributed by atoms with E-state index in [-0.39, 0.29) is 11.3 Å². The minimum atomic E-state index is -1.19. The molecule has 0 aliphatic carbocycles. The number of amides is 1. The van der Waals surface area contributed by atoms with E-state index in [1.807, 2.05) is 6.07 Å². The number of halogens is 1. The van der Waals surface area contributed by atoms with Gasteiger partial charge in [-0.15, -0.1) is 0 Å². The maximum Gasteiger partial charge on any atom is 0.244 e. The Morgan fingerprint density at radius 1 is 1.50 bits per heavy atom. The van der Waals surface area contributed by atoms with Gasteiger partial charge in [0.15, 0.2) is 0 Å². The third-order valence-electron chi connectivity index (χ3n) is 2.80. The molecule has 1 aromatic carbocycles. The Hall–Kier alpha value is -2.40. The Kier molecular flexibility index (Phi) is 4.01. The van der Waals surface area contributed by atoms with Crippen LogP contribution in [0.5, 0.6) is 0 Å². The number of carbonyl (C=O) groups is 1. The topological polar surface area (TPSA) is 76.7 Å². The summed E-state index contributed by atoms with van der Waals surface area (Å²) >= 11 is 0. The molecular weight excluding hydrogens is 233 g/mol. The highest BCUT2D eigenvalue weighted by Gasteiger charge is 2.31. The molecule has 92 valence electrons. The fourth-order valence-corrected chi connectivity index (χ4v) is 1.24. The molecule has 5 heteroatoms. The van der Waals surface area contributed by atoms with Gasteiger partial charge in [-0.25, -0.2) is 4.39 Å². The average molecular weight is 245 g/mol. The van der Waals surface area contributed by atoms with Gasteiger partial charge < -0.3 is 5.32 Å². The van der Waals surface area contributed by atoms with E-state index in [1.54, 1.807) is 13.0 Å². The van der Waals surface area contributed by atoms with Gasteiger partial charge in [-0.3, -0.25) is 4.79 Å². The summed E-state index contributed by atoms with van der Waals surface area (Å²) in [7, 11) is 0. The smallest absolute Gasteiger partial charge is 0.244 e. The van der Waals surface area contributed by atoms with E-state index in [4.69, 9.17) is 10.5 Å². The summed E-state index contributed by atoms with van der Waals surface area (Å²) in [4.78, 5) is 11.8. The maximum atomic E-state index is 13.5. The van der Waals surface area contributed by atoms with Crippen molar-refractivity contribution in [2.45, 2.75) is 20.3 Å². The van der Waals surface area contributed by atoms with Crippen molar-refractivity contribution in [3.05, 3.63) is 29.6 Å². The van der Waals surface area contributed by atoms with Gasteiger partial charge in [0, 0.05) is 0 Å². The van der Waals surface area contributed by atoms with Crippen molar-refractivity contribution < 1.29 is 9.18 Å². The first-order valence-electron chi connectivity index (χ1n) is 5.39. The van der Waals surface area contributed by atoms with Crippen LogP contribution in [0, 0.1) is 33.9 Å². The lowest BCUT2D eigenvalue weighted by molar-refractivity contribution is -0.122. The zero-order valence-electron chi connectivity index (χ0n) is 10.1. The SMILES string of the molecule is CCC(C)(C#N)C(=O)Nc1ccc(C#N)cc1F. The zero-order chi connectivity index (χ0) is 13.8. The van der Waals surface area contributed by atoms with Crippen molar-refractivity contribution in [3.8, 4) is 12.1 Å². The summed E-state index contributed by atoms with van der Waals surface area (Å²) in [6, 6.07) is 7.43. The molecule has 0 saturated heterocycles. The fraction of sp³-hybridized carbons (Fsp3) is 0.308. The molecule has 0 radical (unpaired) electrons. The van der Waals surface area contributed by atoms with E-state index < -0.39 is 17.1 Å². The molecule has 1 aromatic rings. The van der Waals surface area contributed by atoms with Crippen molar-refractivity contribution >= 4 is 11.6 Å². The molecule has 1 N–H and O–H groups in total. The van der Waals surface area contributed by atoms with Gasteiger partial charge in [-0.05, 0) is 31.5 Å². The van der Waals surface area contributed by atoms with Crippen molar-refractivity contribution in [3.63, 3.8) is 0 Å². The zero-order valence-corrected chi connectivity index (χ0v) is 10.1. The highest BCUT2D eigenvalue weighted by molar-refractivity contribution is 5.97. The Balaban J connectivity index is 2.97. The van der Waals surface area contributed by atoms with Crippen LogP contribution in [0.1, 0.15) is 25.8 Å². The molecule has 1 unspecified atom stereocenters. The van der Waals surface area contributed by atoms with Crippen molar-refractivity contribution in [2.75, 3.05) is 5.32 Å². The summed E-state index contributed by atoms with van der Waals surface area (Å²) in [6.45, 7) is 3.20. The van der Waals surface area contributed by atoms with E-state index in [9.17, 15) is 9.18 Å². The first-order valence-corrected chi connectivity index (χ1v) is 5.39. The molecule has 0 fully saturated rings. The van der Waals surface area contributed by atoms with Crippen LogP contribution in [-0.4, -0.2) is 5.91 Å². The van der Waals surface area contributed by atoms with Crippen molar-refractivity contribution in [1.29, 1.82) is 10.5 Å². The predicted molar refractivity (Wildman–Crippen MR) is 63.8 cm³/mol. The molecule has 0 spiro atoms. The summed E-state index contributed by atoms with van der Waals surface area (Å²) in [5, 5.41) is 19.9. The second-order valence-electron chi connectivity index (χ2n) is 4.06. The molecule has 0 aromatic heterocycles. The van der Waals surface area contributed by atoms with Gasteiger partial charge >= 0.3 is 0 Å². The molecule has 1 rings (SSSR count). The molecule has 1 atom stereocenters. The first kappa shape index (κ1) is 13.7. The molecule has 4 nitrogen and oxygen atoms in total. The van der Waals surface area contributed by atoms with Crippen LogP contribution in [0.2, 0.25) is 0 Å². The molecule has 18 heavy (non-hydrogen) atoms. The van der Waals surface area contributed by atoms with Gasteiger partial charge in [0.1, 0.15) is 11.2 Å². The third kappa shape index (κ3) is 2.64. The second-order valence-corrected chi connectivity index (χ2v) is 4.06. The predicted octanol–water partition coefficient (Wildman–Crippen LogP) is 2.58. The number of hydrogen-bond donors (Lipinski definition) is 1. The number of benzene rings is 1. The standard InChI is InChI=1S/C13H12FN3O/c1-3-13(2,8-16)12(18)17-11-5-4-9(7-15)6-10(11)14/h4-6H,3H2,1-2H3,(H,17,18). The van der Waals surface area contributed by atoms with E-state index in [2.05, 4.69) is 5.32 Å². The Labute approximate surface area is 105 Å². The van der Waals surface area contributed by atoms with Gasteiger partial charge in [0.25, 0.3) is 0 Å². The molecular formula is C13H12FN3O. The molecule has 0 saturated carbocycles. The van der Waals surface area contributed by atoms with Crippen LogP contribution in [0.3, 0.4) is 0 Å². The number of anilines is 1. The van der Waals surface area contributed by atoms with E-state index in [0.29, 0.717) is 6.42 Å². The quantitative estimate of drug-likeness (QED) is 0.889. The Morgan fingerprint density at radius 2 is 2.17 bits per heavy atom. The van der Waals surface area contributed by atoms with Gasteiger partial charge in [-0.2, -0.15) is 10.5 Å². The maximum absolute atomic E-state index is 13.5. The first-order chi connectivity index (χ1) is 8.46. The Morgan fingerprint density at radius 3 is 2.61 bits per heavy atom. The van der Waals surface area contributed by atoms with Crippen LogP contribution >= 0.6 is 0 Å². The van der Waals surface area contributed by atoms with Crippen LogP contribution in [0.15, 0.2) is 18.2 Å². The number of hydrogen-bond acceptors (Lipinski definition) is 3. The normalized spacial score (nSPS) is 12.9. The molecule has 0 aliphatic rings. The minimum absolute atomic E-state index is 0.0334. The second kappa shape index (κ2) is 5.29. The third-order valence-corrected chi connectivity index (χ3v) is 2.80. The highest BCUT2D eigenvalue weighted by atomic mass is 19.1. The van der Waals surface area contributed by atoms with Crippen LogP contribution < -0.4 is 5.32 Å². The van der Waals surface area contributed by atoms with Gasteiger partial charge in [0.2, 0.25) is 5.91 Å². The van der Waals surface area contributed by atoms with Crippen LogP contribution in [0.4, 0.5) is 10.1 Å². The summed E-state index contributed by atoms with van der Waals surface area (Å²) < 4.78 is 13.5. The van der Waals surface area contributed by atoms with Crippen LogP contribution in [0.25, 0.3) is 0 Å². The summed E-state index contributed by atoms with van der Waals surface area (Å²) in [5.74, 6) is -1.25. The molecule has 0 bridgehead atoms. The minimum Gasteiger partial charge on any atom is -0.322 e. The highest BCUT2D eigenvalue weighted by Crippen LogP contribution is 2.23. The van der Waals surface area contributed by atoms with E-state index in [0.717, 1.165) is 6.07 Å². The largest absolute Gasteiger partial charge is 0.322 e. The lowest BCUT2D eigenvalue weighted by Crippen LogP contribution is -2.31. The van der Waals surface area contributed by atoms with Crippen molar-refractivity contribution in [2.24, 2.45) is 5.41 Å². The molecule has 1 amide bonds. The van der Waals surface area contributed by atoms with Crippen molar-refractivity contribution in [1.82, 2.24) is 0 Å². The molecule has 0 heterocycles. The summed E-state index contributed by atoms with van der Waals surface area (Å²) in [5.41, 5.74) is -1.06. The van der Waals surface area contributed by atoms with E-state index >= 15 is 0 Å². The fourth-order valence-electron chi connectivity index (χ4n) is 1.24. The van der Waals surface area contributed by atoms with E-state index in [1.165, 1.54) is 19.1 Å². The van der Waals surface area contributed by atoms with Gasteiger partial charge in [0.05, 0.1) is 23.4 Å². The number of nitrogens with zero attached hydrogens (tertiary/aromatic N) is 2. The monoisotopic (exact) mass is 245 g/mol. The number of nitriles is 2. The summed E-state index contributed by atoms with van der Waals surface area (Å²) in [6.07, 6.45) is 0.327. The lowest BCUT2D eigenvalue weighted by atomic mass is 9.88. The Bertz CT molecular complexity index is 556. The average Bonchev–Trinajstić information content (AvgIpc) is 2.39. The van der Waals surface area contributed by atoms with Crippen LogP contribution in [-0.2, 0) is 4.79 Å². The lowest BCUT2D eigenvalue weighted by Gasteiger charge is -2.18. The number of rotatable bonds is 3. The van der Waals surface area contributed by atoms with Gasteiger partial charge in [-0.1, -0.05) is 6.92 Å². The molecule has 0 aliphatic heterocycles.